The summed E-state index contributed by atoms with van der Waals surface area (Å²) in [5.74, 6) is -0.291. The van der Waals surface area contributed by atoms with Gasteiger partial charge in [-0.15, -0.1) is 0 Å². The van der Waals surface area contributed by atoms with Crippen LogP contribution in [0.1, 0.15) is 27.2 Å². The monoisotopic (exact) mass is 185 g/mol. The van der Waals surface area contributed by atoms with E-state index in [1.807, 2.05) is 13.8 Å². The van der Waals surface area contributed by atoms with E-state index in [2.05, 4.69) is 5.32 Å². The van der Waals surface area contributed by atoms with Crippen molar-refractivity contribution in [2.75, 3.05) is 6.54 Å². The minimum absolute atomic E-state index is 0.0644. The number of nitrogens with one attached hydrogen (secondary N) is 1. The second-order valence-corrected chi connectivity index (χ2v) is 3.85. The van der Waals surface area contributed by atoms with Crippen LogP contribution in [0.5, 0.6) is 0 Å². The molecule has 1 amide bonds. The van der Waals surface area contributed by atoms with E-state index in [9.17, 15) is 9.59 Å². The second kappa shape index (κ2) is 3.36. The molecule has 0 aromatic rings. The topological polar surface area (TPSA) is 55.4 Å². The minimum atomic E-state index is -0.352. The Labute approximate surface area is 77.6 Å². The van der Waals surface area contributed by atoms with Gasteiger partial charge in [0.15, 0.2) is 0 Å². The van der Waals surface area contributed by atoms with Crippen LogP contribution < -0.4 is 5.32 Å². The molecule has 4 nitrogen and oxygen atoms in total. The molecular weight excluding hydrogens is 170 g/mol. The second-order valence-electron chi connectivity index (χ2n) is 3.85. The number of esters is 1. The van der Waals surface area contributed by atoms with Gasteiger partial charge in [-0.25, -0.2) is 0 Å². The van der Waals surface area contributed by atoms with Crippen LogP contribution in [-0.4, -0.2) is 24.0 Å². The molecule has 1 fully saturated rings. The number of hydrogen-bond acceptors (Lipinski definition) is 3. The van der Waals surface area contributed by atoms with Crippen LogP contribution in [0.2, 0.25) is 0 Å². The summed E-state index contributed by atoms with van der Waals surface area (Å²) in [6.07, 6.45) is 0.658. The van der Waals surface area contributed by atoms with Crippen molar-refractivity contribution in [3.63, 3.8) is 0 Å². The number of carbonyl (C=O) groups is 2. The summed E-state index contributed by atoms with van der Waals surface area (Å²) in [5, 5.41) is 2.66. The van der Waals surface area contributed by atoms with Gasteiger partial charge >= 0.3 is 5.97 Å². The normalized spacial score (nSPS) is 24.5. The molecule has 1 rings (SSSR count). The van der Waals surface area contributed by atoms with Crippen LogP contribution in [0.15, 0.2) is 0 Å². The molecule has 1 atom stereocenters. The molecule has 1 aliphatic rings. The molecule has 0 radical (unpaired) electrons. The maximum absolute atomic E-state index is 11.0. The predicted molar refractivity (Wildman–Crippen MR) is 47.0 cm³/mol. The average Bonchev–Trinajstić information content (AvgIpc) is 1.96. The molecule has 74 valence electrons. The zero-order valence-corrected chi connectivity index (χ0v) is 8.22. The first kappa shape index (κ1) is 10.0. The molecule has 1 heterocycles. The van der Waals surface area contributed by atoms with Crippen molar-refractivity contribution in [3.05, 3.63) is 0 Å². The Bertz CT molecular complexity index is 235. The first-order valence-corrected chi connectivity index (χ1v) is 4.41. The summed E-state index contributed by atoms with van der Waals surface area (Å²) in [6.45, 7) is 5.77. The third-order valence-electron chi connectivity index (χ3n) is 2.29. The molecule has 4 heteroatoms. The molecule has 1 N–H and O–H groups in total. The van der Waals surface area contributed by atoms with Gasteiger partial charge in [0.1, 0.15) is 5.60 Å². The van der Waals surface area contributed by atoms with Gasteiger partial charge in [0.05, 0.1) is 5.92 Å². The van der Waals surface area contributed by atoms with Crippen molar-refractivity contribution in [3.8, 4) is 0 Å². The number of rotatable bonds is 3. The van der Waals surface area contributed by atoms with Gasteiger partial charge in [-0.3, -0.25) is 9.59 Å². The van der Waals surface area contributed by atoms with Crippen LogP contribution in [0, 0.1) is 5.92 Å². The van der Waals surface area contributed by atoms with Crippen LogP contribution in [0.25, 0.3) is 0 Å². The summed E-state index contributed by atoms with van der Waals surface area (Å²) in [4.78, 5) is 21.5. The zero-order valence-electron chi connectivity index (χ0n) is 8.22. The highest BCUT2D eigenvalue weighted by molar-refractivity contribution is 5.80. The largest absolute Gasteiger partial charge is 0.458 e. The van der Waals surface area contributed by atoms with Gasteiger partial charge in [-0.1, -0.05) is 0 Å². The fraction of sp³-hybridized carbons (Fsp3) is 0.778. The number of cyclic esters (lactones) is 1. The van der Waals surface area contributed by atoms with Crippen molar-refractivity contribution < 1.29 is 14.3 Å². The Morgan fingerprint density at radius 1 is 1.62 bits per heavy atom. The molecule has 0 aliphatic carbocycles. The van der Waals surface area contributed by atoms with Crippen molar-refractivity contribution in [2.45, 2.75) is 32.8 Å². The molecule has 0 unspecified atom stereocenters. The smallest absolute Gasteiger partial charge is 0.313 e. The van der Waals surface area contributed by atoms with E-state index < -0.39 is 0 Å². The van der Waals surface area contributed by atoms with Gasteiger partial charge in [0, 0.05) is 13.5 Å². The lowest BCUT2D eigenvalue weighted by molar-refractivity contribution is -0.205. The number of amides is 1. The van der Waals surface area contributed by atoms with Crippen molar-refractivity contribution >= 4 is 11.9 Å². The van der Waals surface area contributed by atoms with Crippen molar-refractivity contribution in [2.24, 2.45) is 5.92 Å². The van der Waals surface area contributed by atoms with E-state index >= 15 is 0 Å². The van der Waals surface area contributed by atoms with Crippen molar-refractivity contribution in [1.29, 1.82) is 0 Å². The Balaban J connectivity index is 2.29. The van der Waals surface area contributed by atoms with E-state index in [4.69, 9.17) is 4.74 Å². The fourth-order valence-electron chi connectivity index (χ4n) is 1.49. The number of carbonyl (C=O) groups excluding carboxylic acids is 2. The predicted octanol–water partition coefficient (Wildman–Crippen LogP) is 0.464. The molecule has 0 bridgehead atoms. The Hall–Kier alpha value is -1.06. The van der Waals surface area contributed by atoms with Crippen LogP contribution >= 0.6 is 0 Å². The Morgan fingerprint density at radius 3 is 2.62 bits per heavy atom. The summed E-state index contributed by atoms with van der Waals surface area (Å²) in [7, 11) is 0. The van der Waals surface area contributed by atoms with E-state index in [1.165, 1.54) is 6.92 Å². The van der Waals surface area contributed by atoms with Gasteiger partial charge in [0.2, 0.25) is 5.91 Å². The SMILES string of the molecule is CC(=O)NCC[C@H]1C(=O)OC1(C)C. The summed E-state index contributed by atoms with van der Waals surface area (Å²) >= 11 is 0. The summed E-state index contributed by atoms with van der Waals surface area (Å²) < 4.78 is 4.94. The third-order valence-corrected chi connectivity index (χ3v) is 2.29. The molecule has 13 heavy (non-hydrogen) atoms. The summed E-state index contributed by atoms with van der Waals surface area (Å²) in [5.41, 5.74) is -0.352. The molecular formula is C9H15NO3. The molecule has 0 aromatic heterocycles. The lowest BCUT2D eigenvalue weighted by Crippen LogP contribution is -2.54. The lowest BCUT2D eigenvalue weighted by atomic mass is 9.83. The molecule has 0 saturated carbocycles. The first-order chi connectivity index (χ1) is 5.93. The maximum Gasteiger partial charge on any atom is 0.313 e. The van der Waals surface area contributed by atoms with E-state index in [0.29, 0.717) is 13.0 Å². The average molecular weight is 185 g/mol. The lowest BCUT2D eigenvalue weighted by Gasteiger charge is -2.42. The molecule has 0 spiro atoms. The van der Waals surface area contributed by atoms with Gasteiger partial charge in [0.25, 0.3) is 0 Å². The van der Waals surface area contributed by atoms with Gasteiger partial charge < -0.3 is 10.1 Å². The third kappa shape index (κ3) is 2.20. The molecule has 1 aliphatic heterocycles. The maximum atomic E-state index is 11.0. The van der Waals surface area contributed by atoms with E-state index in [-0.39, 0.29) is 23.4 Å². The van der Waals surface area contributed by atoms with E-state index in [1.54, 1.807) is 0 Å². The standard InChI is InChI=1S/C9H15NO3/c1-6(11)10-5-4-7-8(12)13-9(7,2)3/h7H,4-5H2,1-3H3,(H,10,11)/t7-/m0/s1. The van der Waals surface area contributed by atoms with Gasteiger partial charge in [-0.2, -0.15) is 0 Å². The quantitative estimate of drug-likeness (QED) is 0.650. The van der Waals surface area contributed by atoms with E-state index in [0.717, 1.165) is 0 Å². The molecule has 1 saturated heterocycles. The zero-order chi connectivity index (χ0) is 10.1. The van der Waals surface area contributed by atoms with Gasteiger partial charge in [-0.05, 0) is 20.3 Å². The highest BCUT2D eigenvalue weighted by Crippen LogP contribution is 2.35. The summed E-state index contributed by atoms with van der Waals surface area (Å²) in [6, 6.07) is 0. The van der Waals surface area contributed by atoms with Crippen LogP contribution in [0.3, 0.4) is 0 Å². The van der Waals surface area contributed by atoms with Crippen LogP contribution in [-0.2, 0) is 14.3 Å². The Morgan fingerprint density at radius 2 is 2.23 bits per heavy atom. The van der Waals surface area contributed by atoms with Crippen molar-refractivity contribution in [1.82, 2.24) is 5.32 Å². The molecule has 0 aromatic carbocycles. The first-order valence-electron chi connectivity index (χ1n) is 4.41. The number of hydrogen-bond donors (Lipinski definition) is 1. The Kier molecular flexibility index (Phi) is 2.59. The highest BCUT2D eigenvalue weighted by Gasteiger charge is 2.48. The minimum Gasteiger partial charge on any atom is -0.458 e. The fourth-order valence-corrected chi connectivity index (χ4v) is 1.49. The highest BCUT2D eigenvalue weighted by atomic mass is 16.6. The number of ether oxygens (including phenoxy) is 1. The van der Waals surface area contributed by atoms with Crippen LogP contribution in [0.4, 0.5) is 0 Å².